The molecule has 0 aromatic carbocycles. The molecule has 2 aromatic rings. The second kappa shape index (κ2) is 5.80. The van der Waals surface area contributed by atoms with Crippen LogP contribution in [0, 0.1) is 11.3 Å². The number of aromatic nitrogens is 2. The number of hydrogen-bond acceptors (Lipinski definition) is 5. The fourth-order valence-electron chi connectivity index (χ4n) is 1.82. The van der Waals surface area contributed by atoms with Crippen LogP contribution in [0.15, 0.2) is 41.6 Å². The smallest absolute Gasteiger partial charge is 0.181 e. The van der Waals surface area contributed by atoms with Crippen LogP contribution in [0.3, 0.4) is 0 Å². The van der Waals surface area contributed by atoms with Crippen molar-refractivity contribution in [1.82, 2.24) is 9.97 Å². The summed E-state index contributed by atoms with van der Waals surface area (Å²) in [5, 5.41) is 9.02. The van der Waals surface area contributed by atoms with Crippen LogP contribution >= 0.6 is 0 Å². The molecule has 102 valence electrons. The molecule has 20 heavy (non-hydrogen) atoms. The highest BCUT2D eigenvalue weighted by molar-refractivity contribution is 7.91. The summed E-state index contributed by atoms with van der Waals surface area (Å²) >= 11 is 0. The minimum atomic E-state index is -3.50. The first-order valence-electron chi connectivity index (χ1n) is 6.13. The summed E-state index contributed by atoms with van der Waals surface area (Å²) in [6.45, 7) is 1.78. The highest BCUT2D eigenvalue weighted by Gasteiger charge is 2.20. The summed E-state index contributed by atoms with van der Waals surface area (Å²) in [5.74, 6) is -0.00493. The Balaban J connectivity index is 2.60. The zero-order valence-electron chi connectivity index (χ0n) is 10.9. The molecule has 0 aliphatic heterocycles. The first-order valence-corrected chi connectivity index (χ1v) is 7.78. The summed E-state index contributed by atoms with van der Waals surface area (Å²) in [6, 6.07) is 8.64. The Morgan fingerprint density at radius 1 is 1.30 bits per heavy atom. The third-order valence-electron chi connectivity index (χ3n) is 2.73. The predicted molar refractivity (Wildman–Crippen MR) is 74.5 cm³/mol. The van der Waals surface area contributed by atoms with Gasteiger partial charge in [0.2, 0.25) is 0 Å². The Morgan fingerprint density at radius 2 is 2.10 bits per heavy atom. The van der Waals surface area contributed by atoms with Crippen molar-refractivity contribution in [2.24, 2.45) is 0 Å². The molecule has 0 unspecified atom stereocenters. The maximum atomic E-state index is 12.2. The van der Waals surface area contributed by atoms with Crippen LogP contribution < -0.4 is 0 Å². The molecule has 0 N–H and O–H groups in total. The number of rotatable bonds is 4. The molecule has 0 saturated carbocycles. The van der Waals surface area contributed by atoms with Crippen molar-refractivity contribution in [1.29, 1.82) is 5.26 Å². The molecule has 0 amide bonds. The van der Waals surface area contributed by atoms with Gasteiger partial charge in [-0.1, -0.05) is 13.0 Å². The van der Waals surface area contributed by atoms with E-state index in [1.165, 1.54) is 12.3 Å². The number of nitrogens with zero attached hydrogens (tertiary/aromatic N) is 3. The van der Waals surface area contributed by atoms with E-state index in [4.69, 9.17) is 5.26 Å². The minimum absolute atomic E-state index is 0.00493. The lowest BCUT2D eigenvalue weighted by Crippen LogP contribution is -2.09. The van der Waals surface area contributed by atoms with Gasteiger partial charge in [-0.3, -0.25) is 4.98 Å². The minimum Gasteiger partial charge on any atom is -0.256 e. The van der Waals surface area contributed by atoms with Crippen LogP contribution in [0.4, 0.5) is 0 Å². The largest absolute Gasteiger partial charge is 0.256 e. The van der Waals surface area contributed by atoms with Crippen LogP contribution in [-0.2, 0) is 9.84 Å². The Hall–Kier alpha value is -2.26. The van der Waals surface area contributed by atoms with Crippen molar-refractivity contribution >= 4 is 9.84 Å². The molecule has 2 aromatic heterocycles. The topological polar surface area (TPSA) is 83.7 Å². The molecule has 0 atom stereocenters. The van der Waals surface area contributed by atoms with Gasteiger partial charge >= 0.3 is 0 Å². The van der Waals surface area contributed by atoms with Crippen molar-refractivity contribution in [2.45, 2.75) is 18.2 Å². The summed E-state index contributed by atoms with van der Waals surface area (Å²) in [6.07, 6.45) is 3.57. The summed E-state index contributed by atoms with van der Waals surface area (Å²) in [5.41, 5.74) is 1.13. The molecule has 0 spiro atoms. The molecular formula is C14H13N3O2S. The van der Waals surface area contributed by atoms with Crippen molar-refractivity contribution in [3.05, 3.63) is 42.4 Å². The molecule has 0 bridgehead atoms. The standard InChI is InChI=1S/C14H13N3O2S/c1-2-7-20(18,19)14-8-11(10-17-13(14)9-15)12-5-3-4-6-16-12/h3-6,8,10H,2,7H2,1H3. The number of hydrogen-bond donors (Lipinski definition) is 0. The Labute approximate surface area is 117 Å². The normalized spacial score (nSPS) is 11.0. The maximum absolute atomic E-state index is 12.2. The van der Waals surface area contributed by atoms with E-state index >= 15 is 0 Å². The van der Waals surface area contributed by atoms with Crippen LogP contribution in [0.1, 0.15) is 19.0 Å². The molecule has 0 fully saturated rings. The average Bonchev–Trinajstić information content (AvgIpc) is 2.47. The first-order chi connectivity index (χ1) is 9.58. The highest BCUT2D eigenvalue weighted by Crippen LogP contribution is 2.23. The van der Waals surface area contributed by atoms with Crippen molar-refractivity contribution in [3.63, 3.8) is 0 Å². The zero-order valence-corrected chi connectivity index (χ0v) is 11.8. The Kier molecular flexibility index (Phi) is 4.11. The van der Waals surface area contributed by atoms with Gasteiger partial charge in [0.1, 0.15) is 11.0 Å². The Morgan fingerprint density at radius 3 is 2.70 bits per heavy atom. The van der Waals surface area contributed by atoms with E-state index in [2.05, 4.69) is 9.97 Å². The van der Waals surface area contributed by atoms with Gasteiger partial charge in [-0.05, 0) is 24.6 Å². The molecule has 0 radical (unpaired) electrons. The quantitative estimate of drug-likeness (QED) is 0.860. The predicted octanol–water partition coefficient (Wildman–Crippen LogP) is 2.20. The van der Waals surface area contributed by atoms with Gasteiger partial charge in [0, 0.05) is 18.0 Å². The van der Waals surface area contributed by atoms with Crippen molar-refractivity contribution < 1.29 is 8.42 Å². The molecule has 2 rings (SSSR count). The van der Waals surface area contributed by atoms with E-state index in [9.17, 15) is 8.42 Å². The fraction of sp³-hybridized carbons (Fsp3) is 0.214. The van der Waals surface area contributed by atoms with Gasteiger partial charge < -0.3 is 0 Å². The van der Waals surface area contributed by atoms with Crippen LogP contribution in [-0.4, -0.2) is 24.1 Å². The molecule has 2 heterocycles. The zero-order chi connectivity index (χ0) is 14.6. The lowest BCUT2D eigenvalue weighted by molar-refractivity contribution is 0.594. The molecule has 6 heteroatoms. The maximum Gasteiger partial charge on any atom is 0.181 e. The monoisotopic (exact) mass is 287 g/mol. The number of nitriles is 1. The number of sulfone groups is 1. The van der Waals surface area contributed by atoms with E-state index in [0.29, 0.717) is 17.7 Å². The summed E-state index contributed by atoms with van der Waals surface area (Å²) in [4.78, 5) is 8.07. The van der Waals surface area contributed by atoms with E-state index in [1.807, 2.05) is 6.07 Å². The van der Waals surface area contributed by atoms with Crippen LogP contribution in [0.5, 0.6) is 0 Å². The van der Waals surface area contributed by atoms with Crippen LogP contribution in [0.25, 0.3) is 11.3 Å². The van der Waals surface area contributed by atoms with Gasteiger partial charge in [-0.2, -0.15) is 5.26 Å². The van der Waals surface area contributed by atoms with E-state index in [-0.39, 0.29) is 16.3 Å². The van der Waals surface area contributed by atoms with Gasteiger partial charge in [-0.15, -0.1) is 0 Å². The molecule has 0 aliphatic rings. The average molecular weight is 287 g/mol. The van der Waals surface area contributed by atoms with E-state index < -0.39 is 9.84 Å². The molecule has 0 saturated heterocycles. The fourth-order valence-corrected chi connectivity index (χ4v) is 3.27. The molecule has 5 nitrogen and oxygen atoms in total. The summed E-state index contributed by atoms with van der Waals surface area (Å²) < 4.78 is 24.4. The van der Waals surface area contributed by atoms with Gasteiger partial charge in [0.25, 0.3) is 0 Å². The van der Waals surface area contributed by atoms with Gasteiger partial charge in [-0.25, -0.2) is 13.4 Å². The van der Waals surface area contributed by atoms with Gasteiger partial charge in [0.05, 0.1) is 11.4 Å². The third kappa shape index (κ3) is 2.83. The lowest BCUT2D eigenvalue weighted by atomic mass is 10.2. The SMILES string of the molecule is CCCS(=O)(=O)c1cc(-c2ccccn2)cnc1C#N. The second-order valence-corrected chi connectivity index (χ2v) is 6.29. The van der Waals surface area contributed by atoms with Crippen LogP contribution in [0.2, 0.25) is 0 Å². The van der Waals surface area contributed by atoms with Crippen molar-refractivity contribution in [3.8, 4) is 17.3 Å². The first kappa shape index (κ1) is 14.2. The van der Waals surface area contributed by atoms with Gasteiger partial charge in [0.15, 0.2) is 15.5 Å². The van der Waals surface area contributed by atoms with Crippen molar-refractivity contribution in [2.75, 3.05) is 5.75 Å². The van der Waals surface area contributed by atoms with E-state index in [0.717, 1.165) is 0 Å². The highest BCUT2D eigenvalue weighted by atomic mass is 32.2. The Bertz CT molecular complexity index is 750. The summed E-state index contributed by atoms with van der Waals surface area (Å²) in [7, 11) is -3.50. The van der Waals surface area contributed by atoms with E-state index in [1.54, 1.807) is 31.3 Å². The third-order valence-corrected chi connectivity index (χ3v) is 4.65. The number of pyridine rings is 2. The molecule has 0 aliphatic carbocycles. The molecular weight excluding hydrogens is 274 g/mol. The lowest BCUT2D eigenvalue weighted by Gasteiger charge is -2.07. The second-order valence-electron chi connectivity index (χ2n) is 4.22.